The molecule has 2 N–H and O–H groups in total. The first-order chi connectivity index (χ1) is 9.83. The molecule has 0 amide bonds. The minimum atomic E-state index is 0.956. The monoisotopic (exact) mass is 330 g/mol. The third-order valence-corrected chi connectivity index (χ3v) is 4.33. The van der Waals surface area contributed by atoms with Crippen LogP contribution >= 0.6 is 15.9 Å². The molecule has 0 spiro atoms. The van der Waals surface area contributed by atoms with Crippen LogP contribution in [-0.4, -0.2) is 18.1 Å². The van der Waals surface area contributed by atoms with Crippen LogP contribution in [0.3, 0.4) is 0 Å². The van der Waals surface area contributed by atoms with Crippen molar-refractivity contribution >= 4 is 26.8 Å². The van der Waals surface area contributed by atoms with Gasteiger partial charge in [0.1, 0.15) is 0 Å². The molecule has 0 atom stereocenters. The van der Waals surface area contributed by atoms with Gasteiger partial charge in [0.2, 0.25) is 0 Å². The van der Waals surface area contributed by atoms with Gasteiger partial charge in [-0.3, -0.25) is 0 Å². The van der Waals surface area contributed by atoms with Crippen LogP contribution in [0.25, 0.3) is 10.9 Å². The maximum atomic E-state index is 3.58. The summed E-state index contributed by atoms with van der Waals surface area (Å²) in [6.45, 7) is 1.96. The molecule has 1 aliphatic carbocycles. The van der Waals surface area contributed by atoms with Crippen LogP contribution in [0.2, 0.25) is 0 Å². The number of hydrogen-bond donors (Lipinski definition) is 2. The van der Waals surface area contributed by atoms with E-state index in [1.54, 1.807) is 0 Å². The summed E-state index contributed by atoms with van der Waals surface area (Å²) in [7, 11) is 0. The second kappa shape index (κ2) is 6.42. The van der Waals surface area contributed by atoms with E-state index in [-0.39, 0.29) is 0 Å². The Bertz CT molecular complexity index is 652. The first-order valence-electron chi connectivity index (χ1n) is 7.14. The third-order valence-electron chi connectivity index (χ3n) is 3.71. The van der Waals surface area contributed by atoms with Crippen LogP contribution < -0.4 is 5.32 Å². The van der Waals surface area contributed by atoms with Gasteiger partial charge < -0.3 is 10.3 Å². The maximum Gasteiger partial charge on any atom is 0.0456 e. The lowest BCUT2D eigenvalue weighted by Crippen LogP contribution is -2.20. The van der Waals surface area contributed by atoms with Gasteiger partial charge in [-0.05, 0) is 53.6 Å². The fourth-order valence-corrected chi connectivity index (χ4v) is 3.17. The molecule has 1 aromatic carbocycles. The molecule has 0 unspecified atom stereocenters. The van der Waals surface area contributed by atoms with Crippen LogP contribution in [0.15, 0.2) is 52.7 Å². The molecule has 0 saturated heterocycles. The van der Waals surface area contributed by atoms with Crippen LogP contribution in [0.4, 0.5) is 0 Å². The number of allylic oxidation sites excluding steroid dienone is 2. The summed E-state index contributed by atoms with van der Waals surface area (Å²) in [4.78, 5) is 3.33. The van der Waals surface area contributed by atoms with E-state index in [9.17, 15) is 0 Å². The molecule has 1 aliphatic rings. The standard InChI is InChI=1S/C17H19BrN2/c18-15-5-3-4-13(10-15)11-19-9-8-14-12-20-17-7-2-1-6-16(14)17/h1-2,4,6-7,10,12,19-20H,3,5,8-9,11H2. The van der Waals surface area contributed by atoms with Gasteiger partial charge in [-0.1, -0.05) is 40.2 Å². The summed E-state index contributed by atoms with van der Waals surface area (Å²) < 4.78 is 1.31. The average molecular weight is 331 g/mol. The van der Waals surface area contributed by atoms with Crippen molar-refractivity contribution in [3.8, 4) is 0 Å². The van der Waals surface area contributed by atoms with Crippen LogP contribution in [0.5, 0.6) is 0 Å². The van der Waals surface area contributed by atoms with Crippen LogP contribution in [0.1, 0.15) is 18.4 Å². The van der Waals surface area contributed by atoms with Crippen molar-refractivity contribution in [2.24, 2.45) is 0 Å². The van der Waals surface area contributed by atoms with Gasteiger partial charge in [0.15, 0.2) is 0 Å². The van der Waals surface area contributed by atoms with Crippen molar-refractivity contribution in [1.29, 1.82) is 0 Å². The number of nitrogens with one attached hydrogen (secondary N) is 2. The van der Waals surface area contributed by atoms with Crippen molar-refractivity contribution in [1.82, 2.24) is 10.3 Å². The molecule has 0 aliphatic heterocycles. The summed E-state index contributed by atoms with van der Waals surface area (Å²) >= 11 is 3.58. The SMILES string of the molecule is BrC1=CC(CNCCc2c[nH]c3ccccc23)=CCC1. The normalized spacial score (nSPS) is 15.2. The molecule has 2 aromatic rings. The Morgan fingerprint density at radius 2 is 2.15 bits per heavy atom. The average Bonchev–Trinajstić information content (AvgIpc) is 2.87. The Morgan fingerprint density at radius 1 is 1.25 bits per heavy atom. The molecule has 1 aromatic heterocycles. The molecule has 104 valence electrons. The largest absolute Gasteiger partial charge is 0.361 e. The number of fused-ring (bicyclic) bond motifs is 1. The van der Waals surface area contributed by atoms with Gasteiger partial charge in [0, 0.05) is 23.6 Å². The van der Waals surface area contributed by atoms with Gasteiger partial charge in [-0.2, -0.15) is 0 Å². The molecule has 0 fully saturated rings. The van der Waals surface area contributed by atoms with E-state index in [1.807, 2.05) is 0 Å². The van der Waals surface area contributed by atoms with Crippen LogP contribution in [-0.2, 0) is 6.42 Å². The number of halogens is 1. The van der Waals surface area contributed by atoms with E-state index in [2.05, 4.69) is 68.8 Å². The number of hydrogen-bond acceptors (Lipinski definition) is 1. The van der Waals surface area contributed by atoms with Crippen molar-refractivity contribution in [2.75, 3.05) is 13.1 Å². The number of aromatic amines is 1. The number of para-hydroxylation sites is 1. The topological polar surface area (TPSA) is 27.8 Å². The highest BCUT2D eigenvalue weighted by atomic mass is 79.9. The van der Waals surface area contributed by atoms with Crippen molar-refractivity contribution in [3.63, 3.8) is 0 Å². The summed E-state index contributed by atoms with van der Waals surface area (Å²) in [6, 6.07) is 8.48. The van der Waals surface area contributed by atoms with E-state index in [4.69, 9.17) is 0 Å². The van der Waals surface area contributed by atoms with Crippen LogP contribution in [0, 0.1) is 0 Å². The number of rotatable bonds is 5. The molecule has 3 heteroatoms. The molecule has 0 radical (unpaired) electrons. The highest BCUT2D eigenvalue weighted by Crippen LogP contribution is 2.21. The molecule has 1 heterocycles. The molecule has 2 nitrogen and oxygen atoms in total. The first-order valence-corrected chi connectivity index (χ1v) is 7.93. The van der Waals surface area contributed by atoms with Gasteiger partial charge >= 0.3 is 0 Å². The predicted octanol–water partition coefficient (Wildman–Crippen LogP) is 4.30. The molecule has 0 bridgehead atoms. The lowest BCUT2D eigenvalue weighted by atomic mass is 10.1. The lowest BCUT2D eigenvalue weighted by molar-refractivity contribution is 0.731. The molecule has 20 heavy (non-hydrogen) atoms. The van der Waals surface area contributed by atoms with E-state index in [0.717, 1.165) is 32.4 Å². The Kier molecular flexibility index (Phi) is 4.38. The predicted molar refractivity (Wildman–Crippen MR) is 89.2 cm³/mol. The minimum absolute atomic E-state index is 0.956. The van der Waals surface area contributed by atoms with Gasteiger partial charge in [-0.25, -0.2) is 0 Å². The van der Waals surface area contributed by atoms with Gasteiger partial charge in [0.25, 0.3) is 0 Å². The van der Waals surface area contributed by atoms with Gasteiger partial charge in [0.05, 0.1) is 0 Å². The Labute approximate surface area is 128 Å². The maximum absolute atomic E-state index is 3.58. The van der Waals surface area contributed by atoms with E-state index in [1.165, 1.54) is 26.5 Å². The Balaban J connectivity index is 1.52. The summed E-state index contributed by atoms with van der Waals surface area (Å²) in [5.74, 6) is 0. The number of H-pyrrole nitrogens is 1. The smallest absolute Gasteiger partial charge is 0.0456 e. The molecular formula is C17H19BrN2. The Morgan fingerprint density at radius 3 is 3.05 bits per heavy atom. The summed E-state index contributed by atoms with van der Waals surface area (Å²) in [5.41, 5.74) is 4.01. The molecular weight excluding hydrogens is 312 g/mol. The van der Waals surface area contributed by atoms with E-state index >= 15 is 0 Å². The Hall–Kier alpha value is -1.32. The zero-order chi connectivity index (χ0) is 13.8. The summed E-state index contributed by atoms with van der Waals surface area (Å²) in [5, 5.41) is 4.87. The third kappa shape index (κ3) is 3.22. The summed E-state index contributed by atoms with van der Waals surface area (Å²) in [6.07, 6.45) is 10.0. The number of aromatic nitrogens is 1. The van der Waals surface area contributed by atoms with Crippen molar-refractivity contribution < 1.29 is 0 Å². The second-order valence-electron chi connectivity index (χ2n) is 5.20. The fourth-order valence-electron chi connectivity index (χ4n) is 2.65. The van der Waals surface area contributed by atoms with E-state index in [0.29, 0.717) is 0 Å². The quantitative estimate of drug-likeness (QED) is 0.786. The highest BCUT2D eigenvalue weighted by Gasteiger charge is 2.04. The minimum Gasteiger partial charge on any atom is -0.361 e. The molecule has 3 rings (SSSR count). The van der Waals surface area contributed by atoms with E-state index < -0.39 is 0 Å². The zero-order valence-electron chi connectivity index (χ0n) is 11.5. The zero-order valence-corrected chi connectivity index (χ0v) is 13.0. The van der Waals surface area contributed by atoms with Crippen molar-refractivity contribution in [3.05, 3.63) is 58.2 Å². The van der Waals surface area contributed by atoms with Crippen molar-refractivity contribution in [2.45, 2.75) is 19.3 Å². The first kappa shape index (κ1) is 13.7. The fraction of sp³-hybridized carbons (Fsp3) is 0.294. The van der Waals surface area contributed by atoms with Gasteiger partial charge in [-0.15, -0.1) is 0 Å². The number of benzene rings is 1. The lowest BCUT2D eigenvalue weighted by Gasteiger charge is -2.10. The second-order valence-corrected chi connectivity index (χ2v) is 6.21. The molecule has 0 saturated carbocycles. The highest BCUT2D eigenvalue weighted by molar-refractivity contribution is 9.11.